The topological polar surface area (TPSA) is 86.7 Å². The molecule has 0 aliphatic carbocycles. The molecule has 3 rings (SSSR count). The zero-order valence-electron chi connectivity index (χ0n) is 12.6. The molecule has 2 N–H and O–H groups in total. The highest BCUT2D eigenvalue weighted by atomic mass is 19.1. The molecule has 2 aliphatic heterocycles. The third kappa shape index (κ3) is 2.67. The summed E-state index contributed by atoms with van der Waals surface area (Å²) in [4.78, 5) is 36.5. The number of anilines is 1. The van der Waals surface area contributed by atoms with Gasteiger partial charge in [-0.25, -0.2) is 4.39 Å². The molecule has 6 nitrogen and oxygen atoms in total. The second-order valence-corrected chi connectivity index (χ2v) is 6.01. The number of hydrogen-bond acceptors (Lipinski definition) is 3. The molecule has 2 amide bonds. The van der Waals surface area contributed by atoms with Crippen LogP contribution in [0.15, 0.2) is 12.1 Å². The van der Waals surface area contributed by atoms with E-state index < -0.39 is 29.7 Å². The molecule has 7 heteroatoms. The molecule has 0 bridgehead atoms. The Balaban J connectivity index is 1.89. The van der Waals surface area contributed by atoms with Gasteiger partial charge < -0.3 is 15.3 Å². The van der Waals surface area contributed by atoms with Crippen molar-refractivity contribution in [1.29, 1.82) is 0 Å². The number of aliphatic carboxylic acids is 1. The maximum absolute atomic E-state index is 14.3. The van der Waals surface area contributed by atoms with Gasteiger partial charge in [-0.3, -0.25) is 14.4 Å². The second-order valence-electron chi connectivity index (χ2n) is 6.01. The fraction of sp³-hybridized carbons (Fsp3) is 0.438. The van der Waals surface area contributed by atoms with Crippen molar-refractivity contribution >= 4 is 23.5 Å². The number of likely N-dealkylation sites (tertiary alicyclic amines) is 1. The highest BCUT2D eigenvalue weighted by molar-refractivity contribution is 5.98. The number of nitrogens with one attached hydrogen (secondary N) is 1. The molecule has 1 aromatic carbocycles. The molecule has 23 heavy (non-hydrogen) atoms. The molecule has 2 unspecified atom stereocenters. The molecular weight excluding hydrogens is 303 g/mol. The Labute approximate surface area is 132 Å². The summed E-state index contributed by atoms with van der Waals surface area (Å²) < 4.78 is 14.3. The SMILES string of the molecule is CC1C(C(=O)O)CCN1C(=O)c1cc2c(cc1F)NC(=O)CC2. The van der Waals surface area contributed by atoms with Crippen LogP contribution in [0.4, 0.5) is 10.1 Å². The van der Waals surface area contributed by atoms with Crippen molar-refractivity contribution in [2.24, 2.45) is 5.92 Å². The molecule has 0 saturated carbocycles. The average Bonchev–Trinajstić information content (AvgIpc) is 2.87. The van der Waals surface area contributed by atoms with Gasteiger partial charge in [-0.15, -0.1) is 0 Å². The van der Waals surface area contributed by atoms with E-state index in [0.29, 0.717) is 31.5 Å². The van der Waals surface area contributed by atoms with Gasteiger partial charge in [0.1, 0.15) is 5.82 Å². The first-order valence-electron chi connectivity index (χ1n) is 7.54. The summed E-state index contributed by atoms with van der Waals surface area (Å²) in [5.74, 6) is -2.95. The first-order valence-corrected chi connectivity index (χ1v) is 7.54. The molecule has 0 spiro atoms. The summed E-state index contributed by atoms with van der Waals surface area (Å²) >= 11 is 0. The summed E-state index contributed by atoms with van der Waals surface area (Å²) in [5.41, 5.74) is 1.04. The van der Waals surface area contributed by atoms with Crippen molar-refractivity contribution in [3.8, 4) is 0 Å². The van der Waals surface area contributed by atoms with E-state index in [9.17, 15) is 18.8 Å². The van der Waals surface area contributed by atoms with Crippen molar-refractivity contribution in [1.82, 2.24) is 4.90 Å². The van der Waals surface area contributed by atoms with Gasteiger partial charge in [0.15, 0.2) is 0 Å². The van der Waals surface area contributed by atoms with E-state index in [1.165, 1.54) is 11.0 Å². The molecule has 0 aromatic heterocycles. The number of carboxylic acids is 1. The number of carbonyl (C=O) groups excluding carboxylic acids is 2. The van der Waals surface area contributed by atoms with Crippen LogP contribution in [0.2, 0.25) is 0 Å². The lowest BCUT2D eigenvalue weighted by atomic mass is 9.98. The Morgan fingerprint density at radius 2 is 2.09 bits per heavy atom. The molecule has 2 atom stereocenters. The largest absolute Gasteiger partial charge is 0.481 e. The first-order chi connectivity index (χ1) is 10.9. The summed E-state index contributed by atoms with van der Waals surface area (Å²) in [6, 6.07) is 2.15. The lowest BCUT2D eigenvalue weighted by molar-refractivity contribution is -0.142. The number of aryl methyl sites for hydroxylation is 1. The zero-order chi connectivity index (χ0) is 16.7. The fourth-order valence-corrected chi connectivity index (χ4v) is 3.28. The monoisotopic (exact) mass is 320 g/mol. The Morgan fingerprint density at radius 1 is 1.35 bits per heavy atom. The van der Waals surface area contributed by atoms with Crippen LogP contribution in [0.25, 0.3) is 0 Å². The summed E-state index contributed by atoms with van der Waals surface area (Å²) in [5, 5.41) is 11.7. The van der Waals surface area contributed by atoms with Crippen LogP contribution in [0, 0.1) is 11.7 Å². The van der Waals surface area contributed by atoms with Crippen LogP contribution in [0.3, 0.4) is 0 Å². The van der Waals surface area contributed by atoms with Gasteiger partial charge in [0.05, 0.1) is 11.5 Å². The number of rotatable bonds is 2. The average molecular weight is 320 g/mol. The van der Waals surface area contributed by atoms with Crippen molar-refractivity contribution in [2.45, 2.75) is 32.2 Å². The van der Waals surface area contributed by atoms with Crippen molar-refractivity contribution in [3.63, 3.8) is 0 Å². The lowest BCUT2D eigenvalue weighted by Crippen LogP contribution is -2.38. The predicted molar refractivity (Wildman–Crippen MR) is 79.6 cm³/mol. The van der Waals surface area contributed by atoms with Crippen LogP contribution in [-0.2, 0) is 16.0 Å². The van der Waals surface area contributed by atoms with E-state index in [0.717, 1.165) is 11.6 Å². The van der Waals surface area contributed by atoms with Crippen LogP contribution in [0.5, 0.6) is 0 Å². The van der Waals surface area contributed by atoms with Gasteiger partial charge in [-0.05, 0) is 37.5 Å². The maximum Gasteiger partial charge on any atom is 0.308 e. The quantitative estimate of drug-likeness (QED) is 0.867. The van der Waals surface area contributed by atoms with Crippen molar-refractivity contribution in [2.75, 3.05) is 11.9 Å². The minimum absolute atomic E-state index is 0.0715. The van der Waals surface area contributed by atoms with Crippen molar-refractivity contribution < 1.29 is 23.9 Å². The lowest BCUT2D eigenvalue weighted by Gasteiger charge is -2.25. The Bertz CT molecular complexity index is 704. The fourth-order valence-electron chi connectivity index (χ4n) is 3.28. The summed E-state index contributed by atoms with van der Waals surface area (Å²) in [6.45, 7) is 1.96. The van der Waals surface area contributed by atoms with E-state index in [-0.39, 0.29) is 11.5 Å². The molecule has 0 radical (unpaired) electrons. The molecule has 2 aliphatic rings. The Kier molecular flexibility index (Phi) is 3.79. The van der Waals surface area contributed by atoms with E-state index >= 15 is 0 Å². The number of benzene rings is 1. The highest BCUT2D eigenvalue weighted by Gasteiger charge is 2.39. The van der Waals surface area contributed by atoms with Gasteiger partial charge in [0, 0.05) is 24.7 Å². The summed E-state index contributed by atoms with van der Waals surface area (Å²) in [7, 11) is 0. The van der Waals surface area contributed by atoms with Gasteiger partial charge in [-0.2, -0.15) is 0 Å². The maximum atomic E-state index is 14.3. The normalized spacial score (nSPS) is 23.4. The van der Waals surface area contributed by atoms with Gasteiger partial charge in [0.2, 0.25) is 5.91 Å². The van der Waals surface area contributed by atoms with Gasteiger partial charge >= 0.3 is 5.97 Å². The third-order valence-corrected chi connectivity index (χ3v) is 4.65. The van der Waals surface area contributed by atoms with E-state index in [2.05, 4.69) is 5.32 Å². The first kappa shape index (κ1) is 15.5. The molecule has 1 aromatic rings. The third-order valence-electron chi connectivity index (χ3n) is 4.65. The van der Waals surface area contributed by atoms with E-state index in [4.69, 9.17) is 5.11 Å². The number of carbonyl (C=O) groups is 3. The minimum Gasteiger partial charge on any atom is -0.481 e. The number of halogens is 1. The second kappa shape index (κ2) is 5.64. The minimum atomic E-state index is -0.943. The summed E-state index contributed by atoms with van der Waals surface area (Å²) in [6.07, 6.45) is 1.12. The van der Waals surface area contributed by atoms with Crippen LogP contribution in [-0.4, -0.2) is 40.4 Å². The van der Waals surface area contributed by atoms with Crippen molar-refractivity contribution in [3.05, 3.63) is 29.1 Å². The number of amides is 2. The molecule has 1 fully saturated rings. The molecule has 2 heterocycles. The van der Waals surface area contributed by atoms with Gasteiger partial charge in [-0.1, -0.05) is 0 Å². The number of hydrogen-bond donors (Lipinski definition) is 2. The van der Waals surface area contributed by atoms with Crippen LogP contribution in [0.1, 0.15) is 35.7 Å². The smallest absolute Gasteiger partial charge is 0.308 e. The Morgan fingerprint density at radius 3 is 2.74 bits per heavy atom. The standard InChI is InChI=1S/C16H17FN2O4/c1-8-10(16(22)23)4-5-19(8)15(21)11-6-9-2-3-14(20)18-13(9)7-12(11)17/h6-8,10H,2-5H2,1H3,(H,18,20)(H,22,23). The highest BCUT2D eigenvalue weighted by Crippen LogP contribution is 2.30. The van der Waals surface area contributed by atoms with E-state index in [1.807, 2.05) is 0 Å². The number of carboxylic acid groups (broad SMARTS) is 1. The van der Waals surface area contributed by atoms with Crippen LogP contribution >= 0.6 is 0 Å². The molecular formula is C16H17FN2O4. The zero-order valence-corrected chi connectivity index (χ0v) is 12.6. The van der Waals surface area contributed by atoms with Gasteiger partial charge in [0.25, 0.3) is 5.91 Å². The molecule has 1 saturated heterocycles. The predicted octanol–water partition coefficient (Wildman–Crippen LogP) is 1.65. The number of nitrogens with zero attached hydrogens (tertiary/aromatic N) is 1. The number of fused-ring (bicyclic) bond motifs is 1. The van der Waals surface area contributed by atoms with E-state index in [1.54, 1.807) is 6.92 Å². The Hall–Kier alpha value is -2.44. The van der Waals surface area contributed by atoms with Crippen LogP contribution < -0.4 is 5.32 Å². The molecule has 122 valence electrons.